The fourth-order valence-corrected chi connectivity index (χ4v) is 4.56. The van der Waals surface area contributed by atoms with Gasteiger partial charge in [0.05, 0.1) is 22.5 Å². The van der Waals surface area contributed by atoms with E-state index in [1.165, 1.54) is 0 Å². The van der Waals surface area contributed by atoms with Crippen LogP contribution in [0.4, 0.5) is 5.69 Å². The summed E-state index contributed by atoms with van der Waals surface area (Å²) in [5, 5.41) is 11.0. The molecule has 5 rings (SSSR count). The first-order valence-corrected chi connectivity index (χ1v) is 10.8. The summed E-state index contributed by atoms with van der Waals surface area (Å²) >= 11 is 1.06. The van der Waals surface area contributed by atoms with Gasteiger partial charge in [0.1, 0.15) is 5.40 Å². The Balaban J connectivity index is 1.76. The van der Waals surface area contributed by atoms with Gasteiger partial charge in [0, 0.05) is 17.6 Å². The molecule has 0 atom stereocenters. The maximum Gasteiger partial charge on any atom is 0.265 e. The van der Waals surface area contributed by atoms with Gasteiger partial charge in [-0.15, -0.1) is 0 Å². The van der Waals surface area contributed by atoms with Gasteiger partial charge in [-0.05, 0) is 47.2 Å². The molecule has 154 valence electrons. The van der Waals surface area contributed by atoms with Crippen LogP contribution in [0.2, 0.25) is 0 Å². The maximum atomic E-state index is 13.8. The maximum absolute atomic E-state index is 13.8. The molecule has 6 heteroatoms. The van der Waals surface area contributed by atoms with Gasteiger partial charge in [-0.1, -0.05) is 60.7 Å². The molecule has 3 aromatic rings. The quantitative estimate of drug-likeness (QED) is 0.432. The van der Waals surface area contributed by atoms with Crippen molar-refractivity contribution in [1.82, 2.24) is 4.90 Å². The van der Waals surface area contributed by atoms with E-state index in [4.69, 9.17) is 5.26 Å². The van der Waals surface area contributed by atoms with Crippen LogP contribution in [0.25, 0.3) is 11.4 Å². The highest BCUT2D eigenvalue weighted by molar-refractivity contribution is 8.03. The van der Waals surface area contributed by atoms with Gasteiger partial charge in [0.2, 0.25) is 0 Å². The van der Waals surface area contributed by atoms with Crippen molar-refractivity contribution in [2.45, 2.75) is 4.90 Å². The molecule has 2 amide bonds. The molecule has 32 heavy (non-hydrogen) atoms. The molecule has 3 aromatic carbocycles. The van der Waals surface area contributed by atoms with E-state index in [1.54, 1.807) is 41.1 Å². The second-order valence-electron chi connectivity index (χ2n) is 7.37. The molecule has 2 heterocycles. The Labute approximate surface area is 189 Å². The summed E-state index contributed by atoms with van der Waals surface area (Å²) in [4.78, 5) is 31.2. The van der Waals surface area contributed by atoms with E-state index in [-0.39, 0.29) is 11.8 Å². The van der Waals surface area contributed by atoms with E-state index >= 15 is 0 Å². The summed E-state index contributed by atoms with van der Waals surface area (Å²) in [7, 11) is 1.71. The summed E-state index contributed by atoms with van der Waals surface area (Å²) < 4.78 is 0. The van der Waals surface area contributed by atoms with Gasteiger partial charge >= 0.3 is 0 Å². The molecule has 5 nitrogen and oxygen atoms in total. The molecule has 0 unspecified atom stereocenters. The third-order valence-electron chi connectivity index (χ3n) is 5.57. The Hall–Kier alpha value is -4.08. The zero-order valence-electron chi connectivity index (χ0n) is 17.1. The first-order chi connectivity index (χ1) is 15.6. The summed E-state index contributed by atoms with van der Waals surface area (Å²) in [5.74, 6) is -0.443. The number of fused-ring (bicyclic) bond motifs is 1. The van der Waals surface area contributed by atoms with Crippen molar-refractivity contribution in [1.29, 1.82) is 5.26 Å². The SMILES string of the molecule is CN1C(=O)C2=C(c3ccccc3)N(c3ccc(SC#N)cc3)C(=O)C2=C1c1ccccc1. The number of thioether (sulfide) groups is 1. The summed E-state index contributed by atoms with van der Waals surface area (Å²) in [6, 6.07) is 26.2. The van der Waals surface area contributed by atoms with Gasteiger partial charge < -0.3 is 4.90 Å². The number of carbonyl (C=O) groups excluding carboxylic acids is 2. The van der Waals surface area contributed by atoms with Gasteiger partial charge in [-0.2, -0.15) is 5.26 Å². The number of hydrogen-bond donors (Lipinski definition) is 0. The number of nitriles is 1. The van der Waals surface area contributed by atoms with Crippen LogP contribution in [0.1, 0.15) is 11.1 Å². The highest BCUT2D eigenvalue weighted by atomic mass is 32.2. The first kappa shape index (κ1) is 19.9. The number of anilines is 1. The number of thiocyanates is 1. The van der Waals surface area contributed by atoms with Crippen molar-refractivity contribution >= 4 is 40.7 Å². The lowest BCUT2D eigenvalue weighted by Crippen LogP contribution is -2.28. The number of carbonyl (C=O) groups is 2. The van der Waals surface area contributed by atoms with E-state index in [2.05, 4.69) is 5.40 Å². The number of hydrogen-bond acceptors (Lipinski definition) is 4. The van der Waals surface area contributed by atoms with Crippen molar-refractivity contribution in [3.63, 3.8) is 0 Å². The van der Waals surface area contributed by atoms with Crippen LogP contribution in [0.5, 0.6) is 0 Å². The molecule has 2 aliphatic heterocycles. The Morgan fingerprint density at radius 1 is 0.719 bits per heavy atom. The van der Waals surface area contributed by atoms with Crippen molar-refractivity contribution in [2.75, 3.05) is 11.9 Å². The molecule has 0 spiro atoms. The Bertz CT molecular complexity index is 1340. The highest BCUT2D eigenvalue weighted by Gasteiger charge is 2.48. The van der Waals surface area contributed by atoms with Crippen LogP contribution < -0.4 is 4.90 Å². The van der Waals surface area contributed by atoms with Gasteiger partial charge in [-0.3, -0.25) is 14.5 Å². The second-order valence-corrected chi connectivity index (χ2v) is 8.23. The van der Waals surface area contributed by atoms with E-state index in [9.17, 15) is 9.59 Å². The zero-order valence-corrected chi connectivity index (χ0v) is 18.0. The van der Waals surface area contributed by atoms with E-state index < -0.39 is 0 Å². The smallest absolute Gasteiger partial charge is 0.265 e. The Morgan fingerprint density at radius 3 is 1.81 bits per heavy atom. The molecule has 2 aliphatic rings. The molecule has 0 aromatic heterocycles. The lowest BCUT2D eigenvalue weighted by Gasteiger charge is -2.23. The van der Waals surface area contributed by atoms with Crippen LogP contribution in [-0.2, 0) is 9.59 Å². The standard InChI is InChI=1S/C26H17N3O2S/c1-28-23(17-8-4-2-5-9-17)21-22(25(28)30)24(18-10-6-3-7-11-18)29(26(21)31)19-12-14-20(15-13-19)32-16-27/h2-15H,1H3. The minimum Gasteiger partial charge on any atom is -0.310 e. The molecule has 0 saturated carbocycles. The van der Waals surface area contributed by atoms with Gasteiger partial charge in [0.25, 0.3) is 11.8 Å². The van der Waals surface area contributed by atoms with Crippen LogP contribution in [0.15, 0.2) is 101 Å². The lowest BCUT2D eigenvalue weighted by molar-refractivity contribution is -0.122. The zero-order chi connectivity index (χ0) is 22.2. The molecule has 0 aliphatic carbocycles. The topological polar surface area (TPSA) is 64.4 Å². The Kier molecular flexibility index (Phi) is 4.89. The minimum absolute atomic E-state index is 0.204. The van der Waals surface area contributed by atoms with Crippen LogP contribution in [0.3, 0.4) is 0 Å². The van der Waals surface area contributed by atoms with Crippen LogP contribution in [-0.4, -0.2) is 23.8 Å². The number of amides is 2. The average molecular weight is 436 g/mol. The van der Waals surface area contributed by atoms with E-state index in [0.29, 0.717) is 28.2 Å². The lowest BCUT2D eigenvalue weighted by atomic mass is 10.0. The van der Waals surface area contributed by atoms with E-state index in [1.807, 2.05) is 60.7 Å². The Morgan fingerprint density at radius 2 is 1.25 bits per heavy atom. The minimum atomic E-state index is -0.240. The number of nitrogens with zero attached hydrogens (tertiary/aromatic N) is 3. The molecule has 0 N–H and O–H groups in total. The third kappa shape index (κ3) is 3.03. The fraction of sp³-hybridized carbons (Fsp3) is 0.0385. The summed E-state index contributed by atoms with van der Waals surface area (Å²) in [6.07, 6.45) is 0. The first-order valence-electron chi connectivity index (χ1n) is 10.00. The van der Waals surface area contributed by atoms with Crippen molar-refractivity contribution in [3.05, 3.63) is 107 Å². The van der Waals surface area contributed by atoms with Crippen molar-refractivity contribution in [3.8, 4) is 5.40 Å². The molecular weight excluding hydrogens is 418 g/mol. The summed E-state index contributed by atoms with van der Waals surface area (Å²) in [6.45, 7) is 0. The van der Waals surface area contributed by atoms with Crippen LogP contribution >= 0.6 is 11.8 Å². The summed E-state index contributed by atoms with van der Waals surface area (Å²) in [5.41, 5.74) is 4.27. The predicted molar refractivity (Wildman–Crippen MR) is 125 cm³/mol. The average Bonchev–Trinajstić information content (AvgIpc) is 3.27. The fourth-order valence-electron chi connectivity index (χ4n) is 4.18. The molecule has 0 saturated heterocycles. The normalized spacial score (nSPS) is 15.5. The largest absolute Gasteiger partial charge is 0.310 e. The van der Waals surface area contributed by atoms with Crippen molar-refractivity contribution < 1.29 is 9.59 Å². The highest BCUT2D eigenvalue weighted by Crippen LogP contribution is 2.47. The second kappa shape index (κ2) is 7.88. The predicted octanol–water partition coefficient (Wildman–Crippen LogP) is 4.90. The molecular formula is C26H17N3O2S. The van der Waals surface area contributed by atoms with Gasteiger partial charge in [-0.25, -0.2) is 0 Å². The van der Waals surface area contributed by atoms with Crippen LogP contribution in [0, 0.1) is 10.7 Å². The van der Waals surface area contributed by atoms with Crippen molar-refractivity contribution in [2.24, 2.45) is 0 Å². The van der Waals surface area contributed by atoms with Gasteiger partial charge in [0.15, 0.2) is 0 Å². The third-order valence-corrected chi connectivity index (χ3v) is 6.17. The number of benzene rings is 3. The molecule has 0 fully saturated rings. The number of likely N-dealkylation sites (N-methyl/N-ethyl adjacent to an activating group) is 1. The monoisotopic (exact) mass is 435 g/mol. The van der Waals surface area contributed by atoms with E-state index in [0.717, 1.165) is 27.8 Å². The molecule has 0 radical (unpaired) electrons. The number of rotatable bonds is 4. The molecule has 0 bridgehead atoms.